The van der Waals surface area contributed by atoms with Gasteiger partial charge in [-0.3, -0.25) is 4.79 Å². The standard InChI is InChI=1S/C21H23N3O2/c1-3-15-26-19-9-7-17(8-10-19)21(25)24-13-11-18(12-14-24)23-20-6-4-5-16(2)22-20/h1,4-10,18H,11-15H2,2H3,(H,22,23). The number of likely N-dealkylation sites (tertiary alicyclic amines) is 1. The number of pyridine rings is 1. The molecule has 1 saturated heterocycles. The van der Waals surface area contributed by atoms with Crippen LogP contribution in [0, 0.1) is 19.3 Å². The van der Waals surface area contributed by atoms with Gasteiger partial charge in [0, 0.05) is 30.4 Å². The number of ether oxygens (including phenoxy) is 1. The summed E-state index contributed by atoms with van der Waals surface area (Å²) in [4.78, 5) is 19.0. The molecule has 134 valence electrons. The Balaban J connectivity index is 1.52. The first-order valence-electron chi connectivity index (χ1n) is 8.81. The number of carbonyl (C=O) groups excluding carboxylic acids is 1. The van der Waals surface area contributed by atoms with Crippen molar-refractivity contribution in [3.05, 3.63) is 53.7 Å². The van der Waals surface area contributed by atoms with Crippen LogP contribution in [0.1, 0.15) is 28.9 Å². The van der Waals surface area contributed by atoms with Crippen molar-refractivity contribution in [2.45, 2.75) is 25.8 Å². The number of carbonyl (C=O) groups is 1. The predicted octanol–water partition coefficient (Wildman–Crippen LogP) is 3.12. The molecule has 0 radical (unpaired) electrons. The minimum absolute atomic E-state index is 0.0561. The zero-order valence-electron chi connectivity index (χ0n) is 14.9. The van der Waals surface area contributed by atoms with E-state index in [0.717, 1.165) is 37.4 Å². The number of nitrogens with one attached hydrogen (secondary N) is 1. The smallest absolute Gasteiger partial charge is 0.253 e. The summed E-state index contributed by atoms with van der Waals surface area (Å²) in [7, 11) is 0. The Kier molecular flexibility index (Phi) is 5.75. The summed E-state index contributed by atoms with van der Waals surface area (Å²) < 4.78 is 5.34. The summed E-state index contributed by atoms with van der Waals surface area (Å²) in [6, 6.07) is 13.4. The van der Waals surface area contributed by atoms with Crippen LogP contribution in [0.15, 0.2) is 42.5 Å². The summed E-state index contributed by atoms with van der Waals surface area (Å²) >= 11 is 0. The zero-order chi connectivity index (χ0) is 18.4. The minimum Gasteiger partial charge on any atom is -0.481 e. The third kappa shape index (κ3) is 4.54. The number of anilines is 1. The van der Waals surface area contributed by atoms with Gasteiger partial charge in [-0.15, -0.1) is 6.42 Å². The summed E-state index contributed by atoms with van der Waals surface area (Å²) in [5.74, 6) is 4.05. The molecule has 0 bridgehead atoms. The highest BCUT2D eigenvalue weighted by Gasteiger charge is 2.23. The first-order chi connectivity index (χ1) is 12.7. The van der Waals surface area contributed by atoms with Gasteiger partial charge >= 0.3 is 0 Å². The third-order valence-corrected chi connectivity index (χ3v) is 4.45. The van der Waals surface area contributed by atoms with Crippen molar-refractivity contribution >= 4 is 11.7 Å². The second kappa shape index (κ2) is 8.39. The Morgan fingerprint density at radius 3 is 2.65 bits per heavy atom. The number of hydrogen-bond acceptors (Lipinski definition) is 4. The fraction of sp³-hybridized carbons (Fsp3) is 0.333. The predicted molar refractivity (Wildman–Crippen MR) is 102 cm³/mol. The van der Waals surface area contributed by atoms with Gasteiger partial charge in [0.15, 0.2) is 0 Å². The van der Waals surface area contributed by atoms with E-state index in [2.05, 4.69) is 16.2 Å². The van der Waals surface area contributed by atoms with E-state index in [-0.39, 0.29) is 12.5 Å². The molecule has 1 N–H and O–H groups in total. The number of rotatable bonds is 5. The van der Waals surface area contributed by atoms with Crippen LogP contribution in [0.4, 0.5) is 5.82 Å². The second-order valence-corrected chi connectivity index (χ2v) is 6.39. The lowest BCUT2D eigenvalue weighted by Crippen LogP contribution is -2.42. The average molecular weight is 349 g/mol. The van der Waals surface area contributed by atoms with Gasteiger partial charge in [0.2, 0.25) is 0 Å². The Bertz CT molecular complexity index is 788. The van der Waals surface area contributed by atoms with E-state index in [1.807, 2.05) is 30.0 Å². The summed E-state index contributed by atoms with van der Waals surface area (Å²) in [6.07, 6.45) is 6.99. The Hall–Kier alpha value is -3.00. The minimum atomic E-state index is 0.0561. The van der Waals surface area contributed by atoms with Gasteiger partial charge in [0.05, 0.1) is 0 Å². The highest BCUT2D eigenvalue weighted by molar-refractivity contribution is 5.94. The number of piperidine rings is 1. The maximum atomic E-state index is 12.7. The molecule has 1 aromatic carbocycles. The van der Waals surface area contributed by atoms with E-state index in [1.165, 1.54) is 0 Å². The number of nitrogens with zero attached hydrogens (tertiary/aromatic N) is 2. The molecule has 26 heavy (non-hydrogen) atoms. The highest BCUT2D eigenvalue weighted by Crippen LogP contribution is 2.19. The van der Waals surface area contributed by atoms with Crippen LogP contribution in [0.5, 0.6) is 5.75 Å². The molecule has 1 aliphatic heterocycles. The number of benzene rings is 1. The van der Waals surface area contributed by atoms with Crippen molar-refractivity contribution in [3.63, 3.8) is 0 Å². The average Bonchev–Trinajstić information content (AvgIpc) is 2.67. The van der Waals surface area contributed by atoms with Gasteiger partial charge in [0.25, 0.3) is 5.91 Å². The van der Waals surface area contributed by atoms with E-state index < -0.39 is 0 Å². The van der Waals surface area contributed by atoms with Crippen LogP contribution in [-0.2, 0) is 0 Å². The lowest BCUT2D eigenvalue weighted by atomic mass is 10.0. The van der Waals surface area contributed by atoms with E-state index in [9.17, 15) is 4.79 Å². The van der Waals surface area contributed by atoms with E-state index in [0.29, 0.717) is 17.4 Å². The molecular formula is C21H23N3O2. The van der Waals surface area contributed by atoms with Crippen LogP contribution in [-0.4, -0.2) is 41.5 Å². The topological polar surface area (TPSA) is 54.5 Å². The van der Waals surface area contributed by atoms with Crippen LogP contribution in [0.2, 0.25) is 0 Å². The first kappa shape index (κ1) is 17.8. The third-order valence-electron chi connectivity index (χ3n) is 4.45. The highest BCUT2D eigenvalue weighted by atomic mass is 16.5. The summed E-state index contributed by atoms with van der Waals surface area (Å²) in [6.45, 7) is 3.67. The van der Waals surface area contributed by atoms with Crippen molar-refractivity contribution in [2.24, 2.45) is 0 Å². The summed E-state index contributed by atoms with van der Waals surface area (Å²) in [5.41, 5.74) is 1.67. The van der Waals surface area contributed by atoms with Crippen LogP contribution >= 0.6 is 0 Å². The normalized spacial score (nSPS) is 14.5. The quantitative estimate of drug-likeness (QED) is 0.843. The molecule has 0 saturated carbocycles. The Morgan fingerprint density at radius 2 is 2.00 bits per heavy atom. The second-order valence-electron chi connectivity index (χ2n) is 6.39. The Morgan fingerprint density at radius 1 is 1.27 bits per heavy atom. The molecule has 5 heteroatoms. The van der Waals surface area contributed by atoms with Gasteiger partial charge in [-0.25, -0.2) is 4.98 Å². The van der Waals surface area contributed by atoms with E-state index >= 15 is 0 Å². The molecule has 0 atom stereocenters. The fourth-order valence-corrected chi connectivity index (χ4v) is 3.06. The summed E-state index contributed by atoms with van der Waals surface area (Å²) in [5, 5.41) is 3.47. The van der Waals surface area contributed by atoms with Crippen molar-refractivity contribution in [3.8, 4) is 18.1 Å². The number of aryl methyl sites for hydroxylation is 1. The maximum Gasteiger partial charge on any atom is 0.253 e. The zero-order valence-corrected chi connectivity index (χ0v) is 14.9. The molecule has 1 aliphatic rings. The van der Waals surface area contributed by atoms with Gasteiger partial charge in [-0.1, -0.05) is 12.0 Å². The lowest BCUT2D eigenvalue weighted by molar-refractivity contribution is 0.0718. The van der Waals surface area contributed by atoms with E-state index in [1.54, 1.807) is 24.3 Å². The van der Waals surface area contributed by atoms with Gasteiger partial charge in [-0.2, -0.15) is 0 Å². The lowest BCUT2D eigenvalue weighted by Gasteiger charge is -2.32. The number of terminal acetylenes is 1. The first-order valence-corrected chi connectivity index (χ1v) is 8.81. The largest absolute Gasteiger partial charge is 0.481 e. The number of aromatic nitrogens is 1. The van der Waals surface area contributed by atoms with Crippen molar-refractivity contribution < 1.29 is 9.53 Å². The van der Waals surface area contributed by atoms with Crippen molar-refractivity contribution in [1.82, 2.24) is 9.88 Å². The molecule has 1 fully saturated rings. The molecule has 1 amide bonds. The molecule has 3 rings (SSSR count). The van der Waals surface area contributed by atoms with Gasteiger partial charge in [-0.05, 0) is 56.2 Å². The number of amides is 1. The fourth-order valence-electron chi connectivity index (χ4n) is 3.06. The van der Waals surface area contributed by atoms with Crippen LogP contribution in [0.25, 0.3) is 0 Å². The molecule has 0 unspecified atom stereocenters. The SMILES string of the molecule is C#CCOc1ccc(C(=O)N2CCC(Nc3cccc(C)n3)CC2)cc1. The maximum absolute atomic E-state index is 12.7. The van der Waals surface area contributed by atoms with E-state index in [4.69, 9.17) is 11.2 Å². The molecule has 0 aliphatic carbocycles. The molecule has 2 heterocycles. The molecular weight excluding hydrogens is 326 g/mol. The van der Waals surface area contributed by atoms with Crippen molar-refractivity contribution in [2.75, 3.05) is 25.0 Å². The molecule has 1 aromatic heterocycles. The molecule has 0 spiro atoms. The van der Waals surface area contributed by atoms with Crippen LogP contribution < -0.4 is 10.1 Å². The monoisotopic (exact) mass is 349 g/mol. The van der Waals surface area contributed by atoms with Crippen LogP contribution in [0.3, 0.4) is 0 Å². The molecule has 2 aromatic rings. The number of hydrogen-bond donors (Lipinski definition) is 1. The molecule has 5 nitrogen and oxygen atoms in total. The van der Waals surface area contributed by atoms with Gasteiger partial charge in [0.1, 0.15) is 18.2 Å². The van der Waals surface area contributed by atoms with Gasteiger partial charge < -0.3 is 15.0 Å². The van der Waals surface area contributed by atoms with Crippen molar-refractivity contribution in [1.29, 1.82) is 0 Å². The Labute approximate surface area is 154 Å².